The number of hydrogen-bond acceptors (Lipinski definition) is 1. The number of nitrogens with zero attached hydrogens (tertiary/aromatic N) is 1. The Hall–Kier alpha value is -0.790. The van der Waals surface area contributed by atoms with Gasteiger partial charge in [0, 0.05) is 5.69 Å². The van der Waals surface area contributed by atoms with E-state index in [1.807, 2.05) is 6.33 Å². The number of imidazole rings is 1. The molecule has 1 aromatic heterocycles. The van der Waals surface area contributed by atoms with Crippen LogP contribution in [0.3, 0.4) is 0 Å². The number of rotatable bonds is 0. The zero-order valence-corrected chi connectivity index (χ0v) is 6.77. The molecule has 0 spiro atoms. The van der Waals surface area contributed by atoms with Crippen molar-refractivity contribution in [3.63, 3.8) is 0 Å². The fourth-order valence-electron chi connectivity index (χ4n) is 1.73. The number of fused-ring (bicyclic) bond motifs is 1. The standard InChI is InChI=1S/C9H14N2/c1-2-4-6-9-8(5-3-1)10-7-11-9/h7H,1-6H2,(H,10,11). The Labute approximate surface area is 67.0 Å². The Balaban J connectivity index is 2.18. The lowest BCUT2D eigenvalue weighted by atomic mass is 10.0. The van der Waals surface area contributed by atoms with Gasteiger partial charge in [0.2, 0.25) is 0 Å². The zero-order chi connectivity index (χ0) is 7.52. The largest absolute Gasteiger partial charge is 0.348 e. The highest BCUT2D eigenvalue weighted by molar-refractivity contribution is 5.11. The van der Waals surface area contributed by atoms with Crippen molar-refractivity contribution in [2.24, 2.45) is 0 Å². The average Bonchev–Trinajstić information content (AvgIpc) is 2.35. The summed E-state index contributed by atoms with van der Waals surface area (Å²) in [4.78, 5) is 7.52. The molecule has 11 heavy (non-hydrogen) atoms. The number of nitrogens with one attached hydrogen (secondary N) is 1. The Bertz CT molecular complexity index is 205. The summed E-state index contributed by atoms with van der Waals surface area (Å²) in [7, 11) is 0. The molecule has 0 saturated heterocycles. The molecule has 0 saturated carbocycles. The highest BCUT2D eigenvalue weighted by Crippen LogP contribution is 2.16. The molecular formula is C9H14N2. The highest BCUT2D eigenvalue weighted by Gasteiger charge is 2.07. The van der Waals surface area contributed by atoms with Crippen molar-refractivity contribution < 1.29 is 0 Å². The van der Waals surface area contributed by atoms with Gasteiger partial charge in [-0.2, -0.15) is 0 Å². The number of aryl methyl sites for hydroxylation is 2. The van der Waals surface area contributed by atoms with E-state index in [1.165, 1.54) is 49.9 Å². The van der Waals surface area contributed by atoms with E-state index < -0.39 is 0 Å². The summed E-state index contributed by atoms with van der Waals surface area (Å²) in [6.45, 7) is 0. The van der Waals surface area contributed by atoms with Gasteiger partial charge in [0.1, 0.15) is 0 Å². The molecule has 0 radical (unpaired) electrons. The molecular weight excluding hydrogens is 136 g/mol. The third kappa shape index (κ3) is 1.44. The summed E-state index contributed by atoms with van der Waals surface area (Å²) >= 11 is 0. The van der Waals surface area contributed by atoms with Crippen LogP contribution in [0.2, 0.25) is 0 Å². The van der Waals surface area contributed by atoms with E-state index in [9.17, 15) is 0 Å². The van der Waals surface area contributed by atoms with Crippen molar-refractivity contribution in [2.75, 3.05) is 0 Å². The minimum absolute atomic E-state index is 1.18. The summed E-state index contributed by atoms with van der Waals surface area (Å²) in [5, 5.41) is 0. The van der Waals surface area contributed by atoms with Crippen LogP contribution < -0.4 is 0 Å². The summed E-state index contributed by atoms with van der Waals surface area (Å²) in [6, 6.07) is 0. The lowest BCUT2D eigenvalue weighted by Crippen LogP contribution is -1.98. The molecule has 0 unspecified atom stereocenters. The molecule has 0 aliphatic heterocycles. The Morgan fingerprint density at radius 2 is 1.91 bits per heavy atom. The molecule has 60 valence electrons. The second kappa shape index (κ2) is 3.07. The van der Waals surface area contributed by atoms with Crippen molar-refractivity contribution in [3.05, 3.63) is 17.7 Å². The maximum atomic E-state index is 4.30. The van der Waals surface area contributed by atoms with E-state index >= 15 is 0 Å². The molecule has 1 aliphatic rings. The molecule has 0 bridgehead atoms. The first-order valence-electron chi connectivity index (χ1n) is 4.48. The predicted molar refractivity (Wildman–Crippen MR) is 44.5 cm³/mol. The fraction of sp³-hybridized carbons (Fsp3) is 0.667. The van der Waals surface area contributed by atoms with Crippen molar-refractivity contribution in [1.82, 2.24) is 9.97 Å². The van der Waals surface area contributed by atoms with Crippen LogP contribution in [-0.2, 0) is 12.8 Å². The fourth-order valence-corrected chi connectivity index (χ4v) is 1.73. The summed E-state index contributed by atoms with van der Waals surface area (Å²) < 4.78 is 0. The molecule has 2 heteroatoms. The van der Waals surface area contributed by atoms with Gasteiger partial charge < -0.3 is 4.98 Å². The van der Waals surface area contributed by atoms with Gasteiger partial charge in [-0.1, -0.05) is 12.8 Å². The SMILES string of the molecule is c1nc2c([nH]1)CCCCCC2. The lowest BCUT2D eigenvalue weighted by Gasteiger charge is -2.06. The maximum Gasteiger partial charge on any atom is 0.0925 e. The van der Waals surface area contributed by atoms with Crippen LogP contribution in [0.25, 0.3) is 0 Å². The number of aromatic amines is 1. The first kappa shape index (κ1) is 6.89. The van der Waals surface area contributed by atoms with E-state index in [2.05, 4.69) is 9.97 Å². The third-order valence-electron chi connectivity index (χ3n) is 2.40. The molecule has 0 atom stereocenters. The van der Waals surface area contributed by atoms with Crippen LogP contribution in [-0.4, -0.2) is 9.97 Å². The minimum Gasteiger partial charge on any atom is -0.348 e. The molecule has 2 nitrogen and oxygen atoms in total. The van der Waals surface area contributed by atoms with Crippen molar-refractivity contribution in [1.29, 1.82) is 0 Å². The van der Waals surface area contributed by atoms with Crippen molar-refractivity contribution in [3.8, 4) is 0 Å². The first-order valence-corrected chi connectivity index (χ1v) is 4.48. The monoisotopic (exact) mass is 150 g/mol. The molecule has 1 aromatic rings. The Kier molecular flexibility index (Phi) is 1.93. The normalized spacial score (nSPS) is 18.5. The first-order chi connectivity index (χ1) is 5.47. The topological polar surface area (TPSA) is 28.7 Å². The molecule has 0 aromatic carbocycles. The molecule has 1 heterocycles. The van der Waals surface area contributed by atoms with Gasteiger partial charge in [0.25, 0.3) is 0 Å². The van der Waals surface area contributed by atoms with E-state index in [0.717, 1.165) is 0 Å². The van der Waals surface area contributed by atoms with E-state index in [1.54, 1.807) is 0 Å². The van der Waals surface area contributed by atoms with Crippen molar-refractivity contribution >= 4 is 0 Å². The van der Waals surface area contributed by atoms with Crippen LogP contribution in [0, 0.1) is 0 Å². The van der Waals surface area contributed by atoms with Gasteiger partial charge in [-0.25, -0.2) is 4.98 Å². The van der Waals surface area contributed by atoms with Crippen molar-refractivity contribution in [2.45, 2.75) is 38.5 Å². The lowest BCUT2D eigenvalue weighted by molar-refractivity contribution is 0.608. The van der Waals surface area contributed by atoms with E-state index in [-0.39, 0.29) is 0 Å². The second-order valence-electron chi connectivity index (χ2n) is 3.24. The summed E-state index contributed by atoms with van der Waals surface area (Å²) in [6.07, 6.45) is 9.63. The highest BCUT2D eigenvalue weighted by atomic mass is 14.9. The maximum absolute atomic E-state index is 4.30. The number of aromatic nitrogens is 2. The van der Waals surface area contributed by atoms with Crippen LogP contribution in [0.15, 0.2) is 6.33 Å². The van der Waals surface area contributed by atoms with Crippen LogP contribution >= 0.6 is 0 Å². The quantitative estimate of drug-likeness (QED) is 0.602. The molecule has 1 N–H and O–H groups in total. The van der Waals surface area contributed by atoms with Gasteiger partial charge in [-0.3, -0.25) is 0 Å². The van der Waals surface area contributed by atoms with E-state index in [0.29, 0.717) is 0 Å². The van der Waals surface area contributed by atoms with Gasteiger partial charge in [0.15, 0.2) is 0 Å². The summed E-state index contributed by atoms with van der Waals surface area (Å²) in [5.74, 6) is 0. The molecule has 0 fully saturated rings. The molecule has 2 rings (SSSR count). The zero-order valence-electron chi connectivity index (χ0n) is 6.77. The number of hydrogen-bond donors (Lipinski definition) is 1. The third-order valence-corrected chi connectivity index (χ3v) is 2.40. The Morgan fingerprint density at radius 1 is 1.09 bits per heavy atom. The number of H-pyrrole nitrogens is 1. The minimum atomic E-state index is 1.18. The summed E-state index contributed by atoms with van der Waals surface area (Å²) in [5.41, 5.74) is 2.69. The van der Waals surface area contributed by atoms with E-state index in [4.69, 9.17) is 0 Å². The second-order valence-corrected chi connectivity index (χ2v) is 3.24. The Morgan fingerprint density at radius 3 is 2.82 bits per heavy atom. The molecule has 1 aliphatic carbocycles. The molecule has 0 amide bonds. The van der Waals surface area contributed by atoms with Crippen LogP contribution in [0.5, 0.6) is 0 Å². The van der Waals surface area contributed by atoms with Crippen LogP contribution in [0.4, 0.5) is 0 Å². The van der Waals surface area contributed by atoms with Gasteiger partial charge in [-0.15, -0.1) is 0 Å². The smallest absolute Gasteiger partial charge is 0.0925 e. The van der Waals surface area contributed by atoms with Gasteiger partial charge in [0.05, 0.1) is 12.0 Å². The predicted octanol–water partition coefficient (Wildman–Crippen LogP) is 2.07. The average molecular weight is 150 g/mol. The van der Waals surface area contributed by atoms with Crippen LogP contribution in [0.1, 0.15) is 37.1 Å². The van der Waals surface area contributed by atoms with Gasteiger partial charge in [-0.05, 0) is 25.7 Å². The van der Waals surface area contributed by atoms with Gasteiger partial charge >= 0.3 is 0 Å².